The van der Waals surface area contributed by atoms with E-state index in [4.69, 9.17) is 0 Å². The SMILES string of the molecule is CC(Cn1cccn1)NC(=O)c1cccnc1OCC(F)(F)F. The topological polar surface area (TPSA) is 69.0 Å². The Labute approximate surface area is 130 Å². The molecule has 0 saturated carbocycles. The van der Waals surface area contributed by atoms with Crippen LogP contribution in [0.5, 0.6) is 5.88 Å². The number of hydrogen-bond acceptors (Lipinski definition) is 4. The molecule has 2 rings (SSSR count). The van der Waals surface area contributed by atoms with E-state index >= 15 is 0 Å². The van der Waals surface area contributed by atoms with Crippen molar-refractivity contribution < 1.29 is 22.7 Å². The van der Waals surface area contributed by atoms with Gasteiger partial charge >= 0.3 is 6.18 Å². The Morgan fingerprint density at radius 2 is 2.17 bits per heavy atom. The number of alkyl halides is 3. The Balaban J connectivity index is 2.01. The molecule has 1 amide bonds. The molecule has 23 heavy (non-hydrogen) atoms. The van der Waals surface area contributed by atoms with E-state index in [2.05, 4.69) is 20.1 Å². The summed E-state index contributed by atoms with van der Waals surface area (Å²) in [7, 11) is 0. The monoisotopic (exact) mass is 328 g/mol. The molecule has 2 heterocycles. The average Bonchev–Trinajstić information content (AvgIpc) is 2.97. The van der Waals surface area contributed by atoms with Gasteiger partial charge in [-0.2, -0.15) is 18.3 Å². The number of carbonyl (C=O) groups excluding carboxylic acids is 1. The molecule has 0 saturated heterocycles. The summed E-state index contributed by atoms with van der Waals surface area (Å²) in [5, 5.41) is 6.68. The Hall–Kier alpha value is -2.58. The summed E-state index contributed by atoms with van der Waals surface area (Å²) in [6.07, 6.45) is 0.109. The number of rotatable bonds is 6. The first-order valence-corrected chi connectivity index (χ1v) is 6.78. The second-order valence-corrected chi connectivity index (χ2v) is 4.86. The van der Waals surface area contributed by atoms with Gasteiger partial charge in [0.2, 0.25) is 5.88 Å². The summed E-state index contributed by atoms with van der Waals surface area (Å²) in [4.78, 5) is 15.9. The maximum atomic E-state index is 12.2. The van der Waals surface area contributed by atoms with E-state index in [1.807, 2.05) is 0 Å². The molecule has 0 bridgehead atoms. The van der Waals surface area contributed by atoms with Crippen LogP contribution in [0.4, 0.5) is 13.2 Å². The zero-order chi connectivity index (χ0) is 16.9. The van der Waals surface area contributed by atoms with Crippen molar-refractivity contribution in [2.24, 2.45) is 0 Å². The summed E-state index contributed by atoms with van der Waals surface area (Å²) in [6, 6.07) is 4.28. The number of ether oxygens (including phenoxy) is 1. The Morgan fingerprint density at radius 3 is 2.83 bits per heavy atom. The molecule has 1 unspecified atom stereocenters. The fourth-order valence-electron chi connectivity index (χ4n) is 1.87. The van der Waals surface area contributed by atoms with E-state index < -0.39 is 18.7 Å². The fraction of sp³-hybridized carbons (Fsp3) is 0.357. The highest BCUT2D eigenvalue weighted by atomic mass is 19.4. The molecule has 0 radical (unpaired) electrons. The van der Waals surface area contributed by atoms with Crippen molar-refractivity contribution in [2.45, 2.75) is 25.7 Å². The first kappa shape index (κ1) is 16.8. The number of halogens is 3. The van der Waals surface area contributed by atoms with E-state index in [9.17, 15) is 18.0 Å². The van der Waals surface area contributed by atoms with Crippen LogP contribution in [-0.4, -0.2) is 39.5 Å². The molecular formula is C14H15F3N4O2. The van der Waals surface area contributed by atoms with Gasteiger partial charge < -0.3 is 10.1 Å². The molecule has 0 aliphatic heterocycles. The molecule has 6 nitrogen and oxygen atoms in total. The molecule has 1 atom stereocenters. The largest absolute Gasteiger partial charge is 0.467 e. The zero-order valence-corrected chi connectivity index (χ0v) is 12.2. The number of nitrogens with one attached hydrogen (secondary N) is 1. The van der Waals surface area contributed by atoms with Crippen LogP contribution in [0.2, 0.25) is 0 Å². The minimum atomic E-state index is -4.50. The van der Waals surface area contributed by atoms with Crippen molar-refractivity contribution in [2.75, 3.05) is 6.61 Å². The number of carbonyl (C=O) groups is 1. The zero-order valence-electron chi connectivity index (χ0n) is 12.2. The molecule has 0 aliphatic rings. The minimum Gasteiger partial charge on any atom is -0.467 e. The van der Waals surface area contributed by atoms with Crippen molar-refractivity contribution in [1.82, 2.24) is 20.1 Å². The van der Waals surface area contributed by atoms with Crippen molar-refractivity contribution in [1.29, 1.82) is 0 Å². The lowest BCUT2D eigenvalue weighted by Crippen LogP contribution is -2.36. The van der Waals surface area contributed by atoms with Crippen molar-refractivity contribution in [3.8, 4) is 5.88 Å². The van der Waals surface area contributed by atoms with Crippen LogP contribution >= 0.6 is 0 Å². The third-order valence-electron chi connectivity index (χ3n) is 2.79. The Bertz CT molecular complexity index is 644. The van der Waals surface area contributed by atoms with E-state index in [0.29, 0.717) is 6.54 Å². The first-order chi connectivity index (χ1) is 10.8. The highest BCUT2D eigenvalue weighted by molar-refractivity contribution is 5.96. The van der Waals surface area contributed by atoms with Gasteiger partial charge in [-0.15, -0.1) is 0 Å². The molecule has 9 heteroatoms. The highest BCUT2D eigenvalue weighted by Crippen LogP contribution is 2.20. The van der Waals surface area contributed by atoms with Gasteiger partial charge in [0.1, 0.15) is 5.56 Å². The van der Waals surface area contributed by atoms with Gasteiger partial charge in [-0.25, -0.2) is 4.98 Å². The number of aromatic nitrogens is 3. The lowest BCUT2D eigenvalue weighted by molar-refractivity contribution is -0.154. The van der Waals surface area contributed by atoms with Gasteiger partial charge in [0.25, 0.3) is 5.91 Å². The van der Waals surface area contributed by atoms with E-state index in [-0.39, 0.29) is 17.5 Å². The standard InChI is InChI=1S/C14H15F3N4O2/c1-10(8-21-7-3-6-19-21)20-12(22)11-4-2-5-18-13(11)23-9-14(15,16)17/h2-7,10H,8-9H2,1H3,(H,20,22). The third-order valence-corrected chi connectivity index (χ3v) is 2.79. The predicted molar refractivity (Wildman–Crippen MR) is 74.9 cm³/mol. The number of amides is 1. The third kappa shape index (κ3) is 5.28. The van der Waals surface area contributed by atoms with Gasteiger partial charge in [0, 0.05) is 24.6 Å². The quantitative estimate of drug-likeness (QED) is 0.881. The fourth-order valence-corrected chi connectivity index (χ4v) is 1.87. The number of nitrogens with zero attached hydrogens (tertiary/aromatic N) is 3. The summed E-state index contributed by atoms with van der Waals surface area (Å²) < 4.78 is 42.9. The molecule has 0 aliphatic carbocycles. The van der Waals surface area contributed by atoms with Crippen LogP contribution < -0.4 is 10.1 Å². The van der Waals surface area contributed by atoms with Gasteiger partial charge in [0.05, 0.1) is 6.54 Å². The minimum absolute atomic E-state index is 0.0518. The van der Waals surface area contributed by atoms with Crippen LogP contribution in [-0.2, 0) is 6.54 Å². The van der Waals surface area contributed by atoms with E-state index in [0.717, 1.165) is 0 Å². The van der Waals surface area contributed by atoms with Crippen molar-refractivity contribution >= 4 is 5.91 Å². The van der Waals surface area contributed by atoms with Crippen LogP contribution in [0, 0.1) is 0 Å². The molecular weight excluding hydrogens is 313 g/mol. The average molecular weight is 328 g/mol. The molecule has 1 N–H and O–H groups in total. The van der Waals surface area contributed by atoms with Crippen LogP contribution in [0.15, 0.2) is 36.8 Å². The molecule has 2 aromatic rings. The lowest BCUT2D eigenvalue weighted by Gasteiger charge is -2.16. The summed E-state index contributed by atoms with van der Waals surface area (Å²) >= 11 is 0. The molecule has 0 spiro atoms. The molecule has 0 aromatic carbocycles. The van der Waals surface area contributed by atoms with Crippen molar-refractivity contribution in [3.05, 3.63) is 42.4 Å². The van der Waals surface area contributed by atoms with Crippen LogP contribution in [0.25, 0.3) is 0 Å². The lowest BCUT2D eigenvalue weighted by atomic mass is 10.2. The van der Waals surface area contributed by atoms with Gasteiger partial charge in [-0.3, -0.25) is 9.48 Å². The number of pyridine rings is 1. The first-order valence-electron chi connectivity index (χ1n) is 6.78. The Kier molecular flexibility index (Phi) is 5.20. The molecule has 2 aromatic heterocycles. The summed E-state index contributed by atoms with van der Waals surface area (Å²) in [5.41, 5.74) is -0.0518. The maximum Gasteiger partial charge on any atom is 0.422 e. The molecule has 0 fully saturated rings. The van der Waals surface area contributed by atoms with Crippen LogP contribution in [0.1, 0.15) is 17.3 Å². The summed E-state index contributed by atoms with van der Waals surface area (Å²) in [5.74, 6) is -0.913. The Morgan fingerprint density at radius 1 is 1.39 bits per heavy atom. The normalized spacial score (nSPS) is 12.7. The van der Waals surface area contributed by atoms with Gasteiger partial charge in [0.15, 0.2) is 6.61 Å². The number of hydrogen-bond donors (Lipinski definition) is 1. The van der Waals surface area contributed by atoms with Crippen molar-refractivity contribution in [3.63, 3.8) is 0 Å². The molecule has 124 valence electrons. The highest BCUT2D eigenvalue weighted by Gasteiger charge is 2.29. The van der Waals surface area contributed by atoms with Crippen LogP contribution in [0.3, 0.4) is 0 Å². The second-order valence-electron chi connectivity index (χ2n) is 4.86. The van der Waals surface area contributed by atoms with E-state index in [1.54, 1.807) is 30.1 Å². The van der Waals surface area contributed by atoms with Gasteiger partial charge in [-0.05, 0) is 25.1 Å². The maximum absolute atomic E-state index is 12.2. The summed E-state index contributed by atoms with van der Waals surface area (Å²) in [6.45, 7) is 0.678. The van der Waals surface area contributed by atoms with E-state index in [1.165, 1.54) is 18.3 Å². The van der Waals surface area contributed by atoms with Gasteiger partial charge in [-0.1, -0.05) is 0 Å². The smallest absolute Gasteiger partial charge is 0.422 e. The second kappa shape index (κ2) is 7.12. The predicted octanol–water partition coefficient (Wildman–Crippen LogP) is 2.04.